The van der Waals surface area contributed by atoms with Crippen LogP contribution in [0.25, 0.3) is 5.69 Å². The molecule has 11 heteroatoms. The smallest absolute Gasteiger partial charge is 0.271 e. The Morgan fingerprint density at radius 1 is 1.00 bits per heavy atom. The van der Waals surface area contributed by atoms with Gasteiger partial charge >= 0.3 is 0 Å². The van der Waals surface area contributed by atoms with Gasteiger partial charge in [-0.3, -0.25) is 19.5 Å². The van der Waals surface area contributed by atoms with Crippen LogP contribution < -0.4 is 10.6 Å². The third kappa shape index (κ3) is 6.58. The van der Waals surface area contributed by atoms with Crippen LogP contribution in [0.1, 0.15) is 12.2 Å². The summed E-state index contributed by atoms with van der Waals surface area (Å²) >= 11 is 7.37. The van der Waals surface area contributed by atoms with E-state index in [9.17, 15) is 14.9 Å². The molecule has 0 unspecified atom stereocenters. The summed E-state index contributed by atoms with van der Waals surface area (Å²) in [6.07, 6.45) is 0.202. The summed E-state index contributed by atoms with van der Waals surface area (Å²) in [6, 6.07) is 23.0. The maximum absolute atomic E-state index is 12.4. The van der Waals surface area contributed by atoms with Gasteiger partial charge in [0.05, 0.1) is 11.5 Å². The zero-order valence-electron chi connectivity index (χ0n) is 18.4. The summed E-state index contributed by atoms with van der Waals surface area (Å²) in [6.45, 7) is 0.442. The number of amides is 1. The van der Waals surface area contributed by atoms with E-state index in [1.54, 1.807) is 6.07 Å². The molecular formula is C24H21ClN6O3S. The van der Waals surface area contributed by atoms with E-state index in [1.165, 1.54) is 30.0 Å². The molecule has 0 aliphatic rings. The lowest BCUT2D eigenvalue weighted by molar-refractivity contribution is -0.384. The first-order chi connectivity index (χ1) is 17.0. The minimum Gasteiger partial charge on any atom is -0.378 e. The molecule has 3 aromatic carbocycles. The molecule has 0 spiro atoms. The Labute approximate surface area is 210 Å². The van der Waals surface area contributed by atoms with Gasteiger partial charge in [0.25, 0.3) is 5.69 Å². The molecule has 0 fully saturated rings. The zero-order valence-corrected chi connectivity index (χ0v) is 20.0. The Hall–Kier alpha value is -3.89. The number of carbonyl (C=O) groups excluding carboxylic acids is 1. The minimum atomic E-state index is -0.499. The predicted molar refractivity (Wildman–Crippen MR) is 137 cm³/mol. The molecule has 35 heavy (non-hydrogen) atoms. The summed E-state index contributed by atoms with van der Waals surface area (Å²) in [5.41, 5.74) is 2.13. The van der Waals surface area contributed by atoms with Crippen molar-refractivity contribution in [2.45, 2.75) is 18.1 Å². The molecular weight excluding hydrogens is 488 g/mol. The average Bonchev–Trinajstić information content (AvgIpc) is 3.27. The Kier molecular flexibility index (Phi) is 7.96. The van der Waals surface area contributed by atoms with Crippen molar-refractivity contribution < 1.29 is 9.72 Å². The van der Waals surface area contributed by atoms with Crippen molar-refractivity contribution in [2.24, 2.45) is 0 Å². The third-order valence-electron chi connectivity index (χ3n) is 4.91. The number of rotatable bonds is 10. The van der Waals surface area contributed by atoms with Gasteiger partial charge in [-0.25, -0.2) is 0 Å². The van der Waals surface area contributed by atoms with Crippen molar-refractivity contribution in [2.75, 3.05) is 16.4 Å². The summed E-state index contributed by atoms with van der Waals surface area (Å²) < 4.78 is 1.95. The first-order valence-electron chi connectivity index (χ1n) is 10.7. The van der Waals surface area contributed by atoms with Gasteiger partial charge < -0.3 is 10.6 Å². The number of para-hydroxylation sites is 1. The van der Waals surface area contributed by atoms with Crippen LogP contribution in [0.5, 0.6) is 0 Å². The SMILES string of the molecule is O=C(CCSc1nnc(CNc2ccc(Cl)cc2)n1-c1ccccc1)Nc1cccc([N+](=O)[O-])c1. The van der Waals surface area contributed by atoms with Crippen LogP contribution in [0, 0.1) is 10.1 Å². The summed E-state index contributed by atoms with van der Waals surface area (Å²) in [5.74, 6) is 0.930. The number of non-ortho nitro benzene ring substituents is 1. The second-order valence-electron chi connectivity index (χ2n) is 7.38. The molecule has 178 valence electrons. The van der Waals surface area contributed by atoms with Crippen LogP contribution in [0.15, 0.2) is 84.0 Å². The number of hydrogen-bond acceptors (Lipinski definition) is 7. The number of hydrogen-bond donors (Lipinski definition) is 2. The molecule has 9 nitrogen and oxygen atoms in total. The van der Waals surface area contributed by atoms with Crippen molar-refractivity contribution in [1.82, 2.24) is 14.8 Å². The molecule has 4 rings (SSSR count). The highest BCUT2D eigenvalue weighted by atomic mass is 35.5. The number of nitrogens with one attached hydrogen (secondary N) is 2. The molecule has 0 bridgehead atoms. The van der Waals surface area contributed by atoms with E-state index in [4.69, 9.17) is 11.6 Å². The van der Waals surface area contributed by atoms with Crippen molar-refractivity contribution in [3.8, 4) is 5.69 Å². The largest absolute Gasteiger partial charge is 0.378 e. The quantitative estimate of drug-likeness (QED) is 0.164. The van der Waals surface area contributed by atoms with Crippen molar-refractivity contribution in [3.05, 3.63) is 99.8 Å². The molecule has 0 atom stereocenters. The van der Waals surface area contributed by atoms with Crippen LogP contribution in [0.3, 0.4) is 0 Å². The first kappa shape index (κ1) is 24.2. The van der Waals surface area contributed by atoms with E-state index in [2.05, 4.69) is 20.8 Å². The van der Waals surface area contributed by atoms with Crippen molar-refractivity contribution >= 4 is 46.3 Å². The lowest BCUT2D eigenvalue weighted by Crippen LogP contribution is -2.12. The van der Waals surface area contributed by atoms with Gasteiger partial charge in [0.15, 0.2) is 11.0 Å². The Balaban J connectivity index is 1.41. The second-order valence-corrected chi connectivity index (χ2v) is 8.88. The number of nitrogens with zero attached hydrogens (tertiary/aromatic N) is 4. The molecule has 2 N–H and O–H groups in total. The van der Waals surface area contributed by atoms with Gasteiger partial charge in [-0.05, 0) is 42.5 Å². The third-order valence-corrected chi connectivity index (χ3v) is 6.09. The van der Waals surface area contributed by atoms with Gasteiger partial charge in [0.1, 0.15) is 0 Å². The summed E-state index contributed by atoms with van der Waals surface area (Å²) in [4.78, 5) is 22.8. The fourth-order valence-electron chi connectivity index (χ4n) is 3.25. The zero-order chi connectivity index (χ0) is 24.6. The maximum Gasteiger partial charge on any atom is 0.271 e. The number of benzene rings is 3. The van der Waals surface area contributed by atoms with Crippen molar-refractivity contribution in [1.29, 1.82) is 0 Å². The number of halogens is 1. The fourth-order valence-corrected chi connectivity index (χ4v) is 4.28. The number of nitro benzene ring substituents is 1. The number of carbonyl (C=O) groups is 1. The standard InChI is InChI=1S/C24H21ClN6O3S/c25-17-9-11-18(12-10-17)26-16-22-28-29-24(30(22)20-6-2-1-3-7-20)35-14-13-23(32)27-19-5-4-8-21(15-19)31(33)34/h1-12,15,26H,13-14,16H2,(H,27,32). The van der Waals surface area contributed by atoms with Gasteiger partial charge in [0.2, 0.25) is 5.91 Å². The highest BCUT2D eigenvalue weighted by Gasteiger charge is 2.15. The summed E-state index contributed by atoms with van der Waals surface area (Å²) in [7, 11) is 0. The van der Waals surface area contributed by atoms with E-state index in [-0.39, 0.29) is 18.0 Å². The van der Waals surface area contributed by atoms with Crippen molar-refractivity contribution in [3.63, 3.8) is 0 Å². The van der Waals surface area contributed by atoms with E-state index < -0.39 is 4.92 Å². The lowest BCUT2D eigenvalue weighted by Gasteiger charge is -2.11. The Bertz CT molecular complexity index is 1310. The van der Waals surface area contributed by atoms with Gasteiger partial charge in [-0.15, -0.1) is 10.2 Å². The van der Waals surface area contributed by atoms with Crippen LogP contribution in [0.2, 0.25) is 5.02 Å². The maximum atomic E-state index is 12.4. The molecule has 1 aromatic heterocycles. The van der Waals surface area contributed by atoms with E-state index in [1.807, 2.05) is 59.2 Å². The molecule has 0 aliphatic heterocycles. The molecule has 4 aromatic rings. The van der Waals surface area contributed by atoms with Gasteiger partial charge in [0, 0.05) is 46.4 Å². The highest BCUT2D eigenvalue weighted by molar-refractivity contribution is 7.99. The van der Waals surface area contributed by atoms with Crippen LogP contribution >= 0.6 is 23.4 Å². The molecule has 1 heterocycles. The Morgan fingerprint density at radius 2 is 1.77 bits per heavy atom. The Morgan fingerprint density at radius 3 is 2.51 bits per heavy atom. The van der Waals surface area contributed by atoms with E-state index >= 15 is 0 Å². The van der Waals surface area contributed by atoms with E-state index in [0.717, 1.165) is 17.2 Å². The van der Waals surface area contributed by atoms with Crippen LogP contribution in [-0.4, -0.2) is 31.3 Å². The van der Waals surface area contributed by atoms with Gasteiger partial charge in [-0.2, -0.15) is 0 Å². The fraction of sp³-hybridized carbons (Fsp3) is 0.125. The molecule has 0 saturated carbocycles. The normalized spacial score (nSPS) is 10.7. The number of thioether (sulfide) groups is 1. The second kappa shape index (κ2) is 11.5. The van der Waals surface area contributed by atoms with Crippen LogP contribution in [-0.2, 0) is 11.3 Å². The molecule has 0 aliphatic carbocycles. The molecule has 1 amide bonds. The lowest BCUT2D eigenvalue weighted by atomic mass is 10.3. The van der Waals surface area contributed by atoms with Crippen LogP contribution in [0.4, 0.5) is 17.1 Å². The van der Waals surface area contributed by atoms with Gasteiger partial charge in [-0.1, -0.05) is 47.6 Å². The predicted octanol–water partition coefficient (Wildman–Crippen LogP) is 5.56. The minimum absolute atomic E-state index is 0.0760. The topological polar surface area (TPSA) is 115 Å². The summed E-state index contributed by atoms with van der Waals surface area (Å²) in [5, 5.41) is 27.0. The number of anilines is 2. The molecule has 0 radical (unpaired) electrons. The number of aromatic nitrogens is 3. The highest BCUT2D eigenvalue weighted by Crippen LogP contribution is 2.24. The monoisotopic (exact) mass is 508 g/mol. The molecule has 0 saturated heterocycles. The number of nitro groups is 1. The average molecular weight is 509 g/mol. The first-order valence-corrected chi connectivity index (χ1v) is 12.0. The van der Waals surface area contributed by atoms with E-state index in [0.29, 0.717) is 28.2 Å².